The highest BCUT2D eigenvalue weighted by Gasteiger charge is 2.14. The van der Waals surface area contributed by atoms with Gasteiger partial charge < -0.3 is 9.47 Å². The second-order valence-corrected chi connectivity index (χ2v) is 4.90. The van der Waals surface area contributed by atoms with Crippen molar-refractivity contribution in [3.8, 4) is 17.6 Å². The van der Waals surface area contributed by atoms with Crippen LogP contribution in [0.15, 0.2) is 30.3 Å². The van der Waals surface area contributed by atoms with Crippen LogP contribution in [0.25, 0.3) is 0 Å². The third-order valence-electron chi connectivity index (χ3n) is 2.78. The predicted molar refractivity (Wildman–Crippen MR) is 78.5 cm³/mol. The minimum absolute atomic E-state index is 0.104. The van der Waals surface area contributed by atoms with Gasteiger partial charge in [0.2, 0.25) is 0 Å². The van der Waals surface area contributed by atoms with Crippen molar-refractivity contribution < 1.29 is 13.9 Å². The summed E-state index contributed by atoms with van der Waals surface area (Å²) in [6.07, 6.45) is 0. The summed E-state index contributed by atoms with van der Waals surface area (Å²) < 4.78 is 24.3. The number of halogens is 3. The highest BCUT2D eigenvalue weighted by Crippen LogP contribution is 2.37. The van der Waals surface area contributed by atoms with Gasteiger partial charge in [-0.3, -0.25) is 0 Å². The standard InChI is InChI=1S/C15H10Cl2FNO2/c1-20-14-6-9(7-19)5-12(17)15(14)21-8-10-11(16)3-2-4-13(10)18/h2-6H,8H2,1H3. The van der Waals surface area contributed by atoms with Crippen molar-refractivity contribution in [2.45, 2.75) is 6.61 Å². The monoisotopic (exact) mass is 325 g/mol. The van der Waals surface area contributed by atoms with Crippen LogP contribution in [0, 0.1) is 17.1 Å². The van der Waals surface area contributed by atoms with Gasteiger partial charge in [-0.15, -0.1) is 0 Å². The Bertz CT molecular complexity index is 693. The maximum Gasteiger partial charge on any atom is 0.180 e. The van der Waals surface area contributed by atoms with Crippen molar-refractivity contribution in [1.29, 1.82) is 5.26 Å². The molecule has 0 radical (unpaired) electrons. The van der Waals surface area contributed by atoms with E-state index < -0.39 is 5.82 Å². The average Bonchev–Trinajstić information content (AvgIpc) is 2.47. The summed E-state index contributed by atoms with van der Waals surface area (Å²) in [5, 5.41) is 9.35. The van der Waals surface area contributed by atoms with Gasteiger partial charge in [0.1, 0.15) is 12.4 Å². The first-order valence-corrected chi connectivity index (χ1v) is 6.65. The zero-order valence-corrected chi connectivity index (χ0v) is 12.5. The lowest BCUT2D eigenvalue weighted by Gasteiger charge is -2.13. The maximum absolute atomic E-state index is 13.7. The van der Waals surface area contributed by atoms with Gasteiger partial charge in [-0.25, -0.2) is 4.39 Å². The third kappa shape index (κ3) is 3.38. The van der Waals surface area contributed by atoms with E-state index in [-0.39, 0.29) is 28.0 Å². The zero-order valence-electron chi connectivity index (χ0n) is 11.0. The molecule has 0 saturated carbocycles. The summed E-state index contributed by atoms with van der Waals surface area (Å²) in [5.41, 5.74) is 0.565. The van der Waals surface area contributed by atoms with Crippen molar-refractivity contribution in [1.82, 2.24) is 0 Å². The molecule has 2 rings (SSSR count). The number of hydrogen-bond donors (Lipinski definition) is 0. The van der Waals surface area contributed by atoms with Crippen LogP contribution in [0.5, 0.6) is 11.5 Å². The van der Waals surface area contributed by atoms with Gasteiger partial charge in [0.15, 0.2) is 11.5 Å². The Hall–Kier alpha value is -1.96. The fourth-order valence-electron chi connectivity index (χ4n) is 1.74. The number of rotatable bonds is 4. The fourth-order valence-corrected chi connectivity index (χ4v) is 2.22. The molecule has 0 unspecified atom stereocenters. The summed E-state index contributed by atoms with van der Waals surface area (Å²) in [6.45, 7) is -0.104. The summed E-state index contributed by atoms with van der Waals surface area (Å²) in [7, 11) is 1.43. The number of ether oxygens (including phenoxy) is 2. The number of benzene rings is 2. The molecule has 0 amide bonds. The molecule has 2 aromatic carbocycles. The molecule has 0 N–H and O–H groups in total. The third-order valence-corrected chi connectivity index (χ3v) is 3.42. The molecule has 3 nitrogen and oxygen atoms in total. The lowest BCUT2D eigenvalue weighted by Crippen LogP contribution is -2.02. The van der Waals surface area contributed by atoms with Gasteiger partial charge in [0.05, 0.1) is 28.8 Å². The first-order chi connectivity index (χ1) is 10.1. The van der Waals surface area contributed by atoms with Crippen LogP contribution in [0.4, 0.5) is 4.39 Å². The number of nitrogens with zero attached hydrogens (tertiary/aromatic N) is 1. The van der Waals surface area contributed by atoms with Gasteiger partial charge >= 0.3 is 0 Å². The van der Waals surface area contributed by atoms with E-state index in [9.17, 15) is 4.39 Å². The Morgan fingerprint density at radius 2 is 2.00 bits per heavy atom. The van der Waals surface area contributed by atoms with Gasteiger partial charge in [0.25, 0.3) is 0 Å². The van der Waals surface area contributed by atoms with Crippen LogP contribution >= 0.6 is 23.2 Å². The van der Waals surface area contributed by atoms with E-state index in [0.29, 0.717) is 11.3 Å². The molecule has 2 aromatic rings. The van der Waals surface area contributed by atoms with Crippen LogP contribution in [0.2, 0.25) is 10.0 Å². The molecule has 0 aliphatic rings. The summed E-state index contributed by atoms with van der Waals surface area (Å²) in [6, 6.07) is 9.27. The van der Waals surface area contributed by atoms with Crippen LogP contribution in [0.3, 0.4) is 0 Å². The van der Waals surface area contributed by atoms with Crippen molar-refractivity contribution in [2.24, 2.45) is 0 Å². The first kappa shape index (κ1) is 15.4. The van der Waals surface area contributed by atoms with Crippen LogP contribution in [-0.2, 0) is 6.61 Å². The molecule has 0 aromatic heterocycles. The number of nitriles is 1. The molecule has 21 heavy (non-hydrogen) atoms. The van der Waals surface area contributed by atoms with E-state index >= 15 is 0 Å². The summed E-state index contributed by atoms with van der Waals surface area (Å²) in [4.78, 5) is 0. The molecule has 0 bridgehead atoms. The smallest absolute Gasteiger partial charge is 0.180 e. The Morgan fingerprint density at radius 1 is 1.24 bits per heavy atom. The first-order valence-electron chi connectivity index (χ1n) is 5.90. The van der Waals surface area contributed by atoms with Gasteiger partial charge in [0, 0.05) is 11.6 Å². The minimum Gasteiger partial charge on any atom is -0.493 e. The highest BCUT2D eigenvalue weighted by atomic mass is 35.5. The van der Waals surface area contributed by atoms with E-state index in [1.807, 2.05) is 6.07 Å². The van der Waals surface area contributed by atoms with E-state index in [2.05, 4.69) is 0 Å². The largest absolute Gasteiger partial charge is 0.493 e. The van der Waals surface area contributed by atoms with Crippen molar-refractivity contribution in [3.05, 3.63) is 57.3 Å². The molecule has 0 atom stereocenters. The van der Waals surface area contributed by atoms with Crippen LogP contribution in [0.1, 0.15) is 11.1 Å². The van der Waals surface area contributed by atoms with Crippen molar-refractivity contribution in [3.63, 3.8) is 0 Å². The molecule has 0 aliphatic heterocycles. The molecule has 6 heteroatoms. The van der Waals surface area contributed by atoms with E-state index in [1.54, 1.807) is 6.07 Å². The van der Waals surface area contributed by atoms with E-state index in [4.69, 9.17) is 37.9 Å². The number of methoxy groups -OCH3 is 1. The zero-order chi connectivity index (χ0) is 15.4. The molecular formula is C15H10Cl2FNO2. The van der Waals surface area contributed by atoms with Crippen LogP contribution < -0.4 is 9.47 Å². The normalized spacial score (nSPS) is 10.0. The van der Waals surface area contributed by atoms with Crippen molar-refractivity contribution >= 4 is 23.2 Å². The maximum atomic E-state index is 13.7. The predicted octanol–water partition coefficient (Wildman–Crippen LogP) is 4.59. The van der Waals surface area contributed by atoms with E-state index in [1.165, 1.54) is 31.4 Å². The molecule has 108 valence electrons. The second kappa shape index (κ2) is 6.66. The number of hydrogen-bond acceptors (Lipinski definition) is 3. The SMILES string of the molecule is COc1cc(C#N)cc(Cl)c1OCc1c(F)cccc1Cl. The van der Waals surface area contributed by atoms with Gasteiger partial charge in [-0.1, -0.05) is 29.3 Å². The molecule has 0 spiro atoms. The molecule has 0 saturated heterocycles. The molecule has 0 heterocycles. The van der Waals surface area contributed by atoms with Crippen LogP contribution in [-0.4, -0.2) is 7.11 Å². The second-order valence-electron chi connectivity index (χ2n) is 4.09. The van der Waals surface area contributed by atoms with Gasteiger partial charge in [-0.05, 0) is 18.2 Å². The molecule has 0 aliphatic carbocycles. The highest BCUT2D eigenvalue weighted by molar-refractivity contribution is 6.32. The average molecular weight is 326 g/mol. The summed E-state index contributed by atoms with van der Waals surface area (Å²) >= 11 is 12.0. The summed E-state index contributed by atoms with van der Waals surface area (Å²) in [5.74, 6) is 0.0650. The van der Waals surface area contributed by atoms with E-state index in [0.717, 1.165) is 0 Å². The lowest BCUT2D eigenvalue weighted by molar-refractivity contribution is 0.280. The lowest BCUT2D eigenvalue weighted by atomic mass is 10.2. The van der Waals surface area contributed by atoms with Gasteiger partial charge in [-0.2, -0.15) is 5.26 Å². The Balaban J connectivity index is 2.30. The Morgan fingerprint density at radius 3 is 2.62 bits per heavy atom. The van der Waals surface area contributed by atoms with Crippen molar-refractivity contribution in [2.75, 3.05) is 7.11 Å². The quantitative estimate of drug-likeness (QED) is 0.825. The topological polar surface area (TPSA) is 42.2 Å². The Labute approximate surface area is 131 Å². The minimum atomic E-state index is -0.466. The Kier molecular flexibility index (Phi) is 4.89. The fraction of sp³-hybridized carbons (Fsp3) is 0.133. The molecule has 0 fully saturated rings. The molecular weight excluding hydrogens is 316 g/mol.